The van der Waals surface area contributed by atoms with Crippen LogP contribution < -0.4 is 5.01 Å². The first-order chi connectivity index (χ1) is 9.56. The highest BCUT2D eigenvalue weighted by Gasteiger charge is 2.30. The third-order valence-electron chi connectivity index (χ3n) is 2.08. The maximum Gasteiger partial charge on any atom is 0.439 e. The lowest BCUT2D eigenvalue weighted by Gasteiger charge is -2.20. The minimum atomic E-state index is -1.02. The summed E-state index contributed by atoms with van der Waals surface area (Å²) in [6.45, 7) is 3.38. The smallest absolute Gasteiger partial charge is 0.439 e. The minimum Gasteiger partial charge on any atom is -0.460 e. The Labute approximate surface area is 115 Å². The molecular weight excluding hydrogens is 270 g/mol. The highest BCUT2D eigenvalue weighted by molar-refractivity contribution is 6.02. The molecule has 0 aliphatic heterocycles. The summed E-state index contributed by atoms with van der Waals surface area (Å²) < 4.78 is 14.9. The van der Waals surface area contributed by atoms with E-state index in [9.17, 15) is 14.4 Å². The summed E-state index contributed by atoms with van der Waals surface area (Å²) in [5.74, 6) is -1.03. The van der Waals surface area contributed by atoms with Gasteiger partial charge in [0.2, 0.25) is 5.82 Å². The number of ether oxygens (including phenoxy) is 3. The van der Waals surface area contributed by atoms with Gasteiger partial charge in [-0.15, -0.1) is 5.01 Å². The maximum absolute atomic E-state index is 11.8. The average Bonchev–Trinajstić information content (AvgIpc) is 2.88. The van der Waals surface area contributed by atoms with Crippen LogP contribution in [0.5, 0.6) is 0 Å². The summed E-state index contributed by atoms with van der Waals surface area (Å²) in [5, 5.41) is 0.503. The molecule has 2 amide bonds. The third-order valence-corrected chi connectivity index (χ3v) is 2.08. The molecule has 0 unspecified atom stereocenters. The molecule has 0 bridgehead atoms. The van der Waals surface area contributed by atoms with E-state index in [0.29, 0.717) is 5.01 Å². The van der Waals surface area contributed by atoms with Gasteiger partial charge in [-0.05, 0) is 13.8 Å². The molecule has 1 aromatic rings. The number of hydrogen-bond donors (Lipinski definition) is 0. The zero-order valence-corrected chi connectivity index (χ0v) is 11.4. The topological polar surface area (TPSA) is 100.0 Å². The number of aromatic nitrogens is 2. The number of hydrogen-bond acceptors (Lipinski definition) is 7. The van der Waals surface area contributed by atoms with Crippen LogP contribution in [0.2, 0.25) is 0 Å². The fourth-order valence-electron chi connectivity index (χ4n) is 1.32. The zero-order chi connectivity index (χ0) is 15.1. The van der Waals surface area contributed by atoms with Gasteiger partial charge in [0.05, 0.1) is 20.3 Å². The van der Waals surface area contributed by atoms with E-state index >= 15 is 0 Å². The van der Waals surface area contributed by atoms with Crippen LogP contribution in [0.25, 0.3) is 0 Å². The van der Waals surface area contributed by atoms with Crippen LogP contribution in [0.3, 0.4) is 0 Å². The second kappa shape index (κ2) is 7.12. The predicted octanol–water partition coefficient (Wildman–Crippen LogP) is 0.921. The van der Waals surface area contributed by atoms with Crippen molar-refractivity contribution in [2.75, 3.05) is 25.3 Å². The van der Waals surface area contributed by atoms with Crippen molar-refractivity contribution >= 4 is 18.2 Å². The molecule has 0 aliphatic carbocycles. The van der Waals surface area contributed by atoms with Crippen molar-refractivity contribution in [3.05, 3.63) is 18.2 Å². The van der Waals surface area contributed by atoms with Crippen LogP contribution in [-0.4, -0.2) is 48.1 Å². The van der Waals surface area contributed by atoms with E-state index in [1.54, 1.807) is 13.8 Å². The van der Waals surface area contributed by atoms with E-state index in [2.05, 4.69) is 9.72 Å². The number of amides is 2. The number of nitrogens with zero attached hydrogens (tertiary/aromatic N) is 3. The Balaban J connectivity index is 3.15. The van der Waals surface area contributed by atoms with Crippen molar-refractivity contribution in [3.8, 4) is 0 Å². The SMILES string of the molecule is CCOC(=O)c1nccn1N(C(=O)OC)C(=O)OCC. The fraction of sp³-hybridized carbons (Fsp3) is 0.455. The first-order valence-corrected chi connectivity index (χ1v) is 5.82. The van der Waals surface area contributed by atoms with Gasteiger partial charge < -0.3 is 14.2 Å². The first kappa shape index (κ1) is 15.5. The van der Waals surface area contributed by atoms with Crippen LogP contribution in [0.1, 0.15) is 24.5 Å². The molecule has 1 heterocycles. The van der Waals surface area contributed by atoms with Crippen molar-refractivity contribution in [1.82, 2.24) is 9.66 Å². The lowest BCUT2D eigenvalue weighted by Crippen LogP contribution is -2.46. The monoisotopic (exact) mass is 285 g/mol. The molecule has 0 spiro atoms. The summed E-state index contributed by atoms with van der Waals surface area (Å²) >= 11 is 0. The van der Waals surface area contributed by atoms with Crippen LogP contribution in [0, 0.1) is 0 Å². The Kier molecular flexibility index (Phi) is 5.51. The second-order valence-electron chi connectivity index (χ2n) is 3.30. The van der Waals surface area contributed by atoms with Crippen molar-refractivity contribution in [2.24, 2.45) is 0 Å². The van der Waals surface area contributed by atoms with Gasteiger partial charge in [0.15, 0.2) is 0 Å². The predicted molar refractivity (Wildman–Crippen MR) is 65.8 cm³/mol. The Morgan fingerprint density at radius 2 is 1.85 bits per heavy atom. The number of carbonyl (C=O) groups is 3. The average molecular weight is 285 g/mol. The van der Waals surface area contributed by atoms with Gasteiger partial charge >= 0.3 is 18.2 Å². The van der Waals surface area contributed by atoms with Gasteiger partial charge in [-0.25, -0.2) is 24.0 Å². The quantitative estimate of drug-likeness (QED) is 0.599. The van der Waals surface area contributed by atoms with Gasteiger partial charge in [-0.2, -0.15) is 0 Å². The number of rotatable bonds is 4. The zero-order valence-electron chi connectivity index (χ0n) is 11.4. The van der Waals surface area contributed by atoms with E-state index in [1.165, 1.54) is 12.4 Å². The van der Waals surface area contributed by atoms with Gasteiger partial charge in [0.1, 0.15) is 0 Å². The molecule has 9 heteroatoms. The Hall–Kier alpha value is -2.58. The summed E-state index contributed by atoms with van der Waals surface area (Å²) in [6, 6.07) is 0. The molecule has 0 saturated heterocycles. The molecule has 0 radical (unpaired) electrons. The molecule has 110 valence electrons. The number of imide groups is 1. The largest absolute Gasteiger partial charge is 0.460 e. The van der Waals surface area contributed by atoms with E-state index < -0.39 is 18.2 Å². The summed E-state index contributed by atoms with van der Waals surface area (Å²) in [5.41, 5.74) is 0. The number of imidazole rings is 1. The summed E-state index contributed by atoms with van der Waals surface area (Å²) in [7, 11) is 1.09. The lowest BCUT2D eigenvalue weighted by atomic mass is 10.6. The van der Waals surface area contributed by atoms with Gasteiger partial charge in [-0.3, -0.25) is 0 Å². The normalized spacial score (nSPS) is 9.75. The second-order valence-corrected chi connectivity index (χ2v) is 3.30. The van der Waals surface area contributed by atoms with Gasteiger partial charge in [0, 0.05) is 12.4 Å². The maximum atomic E-state index is 11.8. The lowest BCUT2D eigenvalue weighted by molar-refractivity contribution is 0.0506. The number of methoxy groups -OCH3 is 1. The highest BCUT2D eigenvalue weighted by Crippen LogP contribution is 2.05. The number of carbonyl (C=O) groups excluding carboxylic acids is 3. The van der Waals surface area contributed by atoms with Crippen molar-refractivity contribution in [3.63, 3.8) is 0 Å². The van der Waals surface area contributed by atoms with E-state index in [-0.39, 0.29) is 19.0 Å². The van der Waals surface area contributed by atoms with Gasteiger partial charge in [-0.1, -0.05) is 0 Å². The van der Waals surface area contributed by atoms with Crippen LogP contribution >= 0.6 is 0 Å². The van der Waals surface area contributed by atoms with Gasteiger partial charge in [0.25, 0.3) is 0 Å². The summed E-state index contributed by atoms with van der Waals surface area (Å²) in [4.78, 5) is 38.9. The Morgan fingerprint density at radius 3 is 2.40 bits per heavy atom. The molecule has 0 N–H and O–H groups in total. The molecule has 0 aromatic carbocycles. The van der Waals surface area contributed by atoms with Crippen molar-refractivity contribution < 1.29 is 28.6 Å². The van der Waals surface area contributed by atoms with E-state index in [1.807, 2.05) is 0 Å². The molecule has 1 rings (SSSR count). The first-order valence-electron chi connectivity index (χ1n) is 5.82. The van der Waals surface area contributed by atoms with Crippen LogP contribution in [-0.2, 0) is 14.2 Å². The standard InChI is InChI=1S/C11H15N3O6/c1-4-19-9(15)8-12-6-7-13(8)14(10(16)18-3)11(17)20-5-2/h6-7H,4-5H2,1-3H3. The molecule has 0 aliphatic rings. The van der Waals surface area contributed by atoms with Crippen LogP contribution in [0.4, 0.5) is 9.59 Å². The van der Waals surface area contributed by atoms with E-state index in [0.717, 1.165) is 11.8 Å². The number of esters is 1. The molecular formula is C11H15N3O6. The van der Waals surface area contributed by atoms with Crippen molar-refractivity contribution in [1.29, 1.82) is 0 Å². The molecule has 20 heavy (non-hydrogen) atoms. The molecule has 1 aromatic heterocycles. The van der Waals surface area contributed by atoms with Crippen molar-refractivity contribution in [2.45, 2.75) is 13.8 Å². The summed E-state index contributed by atoms with van der Waals surface area (Å²) in [6.07, 6.45) is 0.455. The Bertz CT molecular complexity index is 498. The molecule has 0 fully saturated rings. The highest BCUT2D eigenvalue weighted by atomic mass is 16.6. The van der Waals surface area contributed by atoms with E-state index in [4.69, 9.17) is 9.47 Å². The molecule has 0 atom stereocenters. The Morgan fingerprint density at radius 1 is 1.20 bits per heavy atom. The molecule has 0 saturated carbocycles. The third kappa shape index (κ3) is 3.25. The molecule has 9 nitrogen and oxygen atoms in total. The van der Waals surface area contributed by atoms with Crippen LogP contribution in [0.15, 0.2) is 12.4 Å². The fourth-order valence-corrected chi connectivity index (χ4v) is 1.32. The minimum absolute atomic E-state index is 0.0514.